The molecule has 0 saturated carbocycles. The third kappa shape index (κ3) is 3.85. The second kappa shape index (κ2) is 7.26. The summed E-state index contributed by atoms with van der Waals surface area (Å²) >= 11 is 0. The quantitative estimate of drug-likeness (QED) is 0.288. The molecule has 1 aliphatic heterocycles. The highest BCUT2D eigenvalue weighted by Gasteiger charge is 2.40. The molecule has 31 heavy (non-hydrogen) atoms. The average Bonchev–Trinajstić information content (AvgIpc) is 3.19. The highest BCUT2D eigenvalue weighted by molar-refractivity contribution is 7.89. The third-order valence-electron chi connectivity index (χ3n) is 4.62. The summed E-state index contributed by atoms with van der Waals surface area (Å²) < 4.78 is 65.5. The Balaban J connectivity index is 2.06. The number of benzene rings is 2. The zero-order chi connectivity index (χ0) is 22.6. The molecule has 4 rings (SSSR count). The van der Waals surface area contributed by atoms with Crippen LogP contribution in [0.15, 0.2) is 35.2 Å². The molecule has 10 N–H and O–H groups in total. The Kier molecular flexibility index (Phi) is 4.95. The fraction of sp³-hybridized carbons (Fsp3) is 0.125. The zero-order valence-electron chi connectivity index (χ0n) is 15.4. The van der Waals surface area contributed by atoms with E-state index in [0.29, 0.717) is 22.5 Å². The van der Waals surface area contributed by atoms with Crippen molar-refractivity contribution in [1.82, 2.24) is 31.9 Å². The van der Waals surface area contributed by atoms with Crippen LogP contribution in [0.2, 0.25) is 0 Å². The van der Waals surface area contributed by atoms with Crippen LogP contribution in [-0.2, 0) is 16.2 Å². The Morgan fingerprint density at radius 3 is 2.29 bits per heavy atom. The molecule has 11 nitrogen and oxygen atoms in total. The highest BCUT2D eigenvalue weighted by Crippen LogP contribution is 2.41. The Hall–Kier alpha value is -3.08. The Labute approximate surface area is 173 Å². The van der Waals surface area contributed by atoms with Crippen LogP contribution in [0.5, 0.6) is 0 Å². The first-order chi connectivity index (χ1) is 14.5. The van der Waals surface area contributed by atoms with Crippen molar-refractivity contribution in [1.29, 1.82) is 0 Å². The van der Waals surface area contributed by atoms with E-state index in [4.69, 9.17) is 16.6 Å². The lowest BCUT2D eigenvalue weighted by molar-refractivity contribution is -0.140. The summed E-state index contributed by atoms with van der Waals surface area (Å²) in [7, 11) is -4.79. The number of nitrogens with zero attached hydrogens (tertiary/aromatic N) is 2. The van der Waals surface area contributed by atoms with E-state index in [1.54, 1.807) is 12.1 Å². The molecule has 2 aromatic carbocycles. The van der Waals surface area contributed by atoms with Crippen LogP contribution in [0, 0.1) is 0 Å². The van der Waals surface area contributed by atoms with E-state index >= 15 is 0 Å². The largest absolute Gasteiger partial charge is 0.417 e. The molecule has 15 heteroatoms. The van der Waals surface area contributed by atoms with Crippen LogP contribution in [-0.4, -0.2) is 18.4 Å². The van der Waals surface area contributed by atoms with Gasteiger partial charge in [-0.2, -0.15) is 29.2 Å². The number of nitrogens with two attached hydrogens (primary N) is 3. The number of hydrogen-bond donors (Lipinski definition) is 7. The molecule has 1 saturated heterocycles. The lowest BCUT2D eigenvalue weighted by Crippen LogP contribution is -2.33. The predicted molar refractivity (Wildman–Crippen MR) is 105 cm³/mol. The number of aromatic nitrogens is 2. The second-order valence-corrected chi connectivity index (χ2v) is 8.12. The monoisotopic (exact) mass is 455 g/mol. The smallest absolute Gasteiger partial charge is 0.383 e. The van der Waals surface area contributed by atoms with Gasteiger partial charge in [0.1, 0.15) is 16.9 Å². The van der Waals surface area contributed by atoms with E-state index in [1.807, 2.05) is 0 Å². The highest BCUT2D eigenvalue weighted by atomic mass is 32.2. The Bertz CT molecular complexity index is 1290. The summed E-state index contributed by atoms with van der Waals surface area (Å²) in [5, 5.41) is 5.69. The summed E-state index contributed by atoms with van der Waals surface area (Å²) in [5.41, 5.74) is 20.8. The van der Waals surface area contributed by atoms with Gasteiger partial charge in [0.05, 0.1) is 11.1 Å². The number of anilines is 2. The van der Waals surface area contributed by atoms with Crippen molar-refractivity contribution in [3.05, 3.63) is 41.5 Å². The van der Waals surface area contributed by atoms with Gasteiger partial charge in [0.2, 0.25) is 16.0 Å². The minimum Gasteiger partial charge on any atom is -0.383 e. The standard InChI is InChI=1S/C16H16F3N9O2S/c17-16(18,19)9-4-3-7(11(12(9)31(22,29)30)14-25-27-28-26-14)6-1-2-8-10(5-6)23-15(21)24-13(8)20/h1-5,14,25-28H,(H2,22,29,30)(H4,20,21,23,24). The van der Waals surface area contributed by atoms with E-state index in [0.717, 1.165) is 6.07 Å². The molecule has 0 amide bonds. The van der Waals surface area contributed by atoms with E-state index in [-0.39, 0.29) is 22.9 Å². The van der Waals surface area contributed by atoms with Gasteiger partial charge in [0.25, 0.3) is 0 Å². The minimum absolute atomic E-state index is 0.0902. The fourth-order valence-corrected chi connectivity index (χ4v) is 4.43. The number of sulfonamides is 1. The van der Waals surface area contributed by atoms with E-state index in [2.05, 4.69) is 31.9 Å². The molecule has 164 valence electrons. The predicted octanol–water partition coefficient (Wildman–Crippen LogP) is 0.243. The fourth-order valence-electron chi connectivity index (χ4n) is 3.40. The molecule has 1 fully saturated rings. The maximum atomic E-state index is 13.6. The van der Waals surface area contributed by atoms with Crippen molar-refractivity contribution in [2.75, 3.05) is 11.5 Å². The van der Waals surface area contributed by atoms with Gasteiger partial charge in [-0.3, -0.25) is 0 Å². The molecule has 0 bridgehead atoms. The number of nitrogens with one attached hydrogen (secondary N) is 4. The van der Waals surface area contributed by atoms with Crippen molar-refractivity contribution < 1.29 is 21.6 Å². The van der Waals surface area contributed by atoms with Crippen LogP contribution < -0.4 is 38.5 Å². The number of fused-ring (bicyclic) bond motifs is 1. The molecular formula is C16H16F3N9O2S. The minimum atomic E-state index is -4.96. The first-order valence-electron chi connectivity index (χ1n) is 8.58. The summed E-state index contributed by atoms with van der Waals surface area (Å²) in [4.78, 5) is 6.88. The maximum Gasteiger partial charge on any atom is 0.417 e. The van der Waals surface area contributed by atoms with E-state index in [1.165, 1.54) is 6.07 Å². The van der Waals surface area contributed by atoms with Gasteiger partial charge in [-0.15, -0.1) is 0 Å². The summed E-state index contributed by atoms with van der Waals surface area (Å²) in [5.74, 6) is 0.0342. The van der Waals surface area contributed by atoms with Crippen LogP contribution in [0.25, 0.3) is 22.0 Å². The second-order valence-electron chi connectivity index (χ2n) is 6.62. The third-order valence-corrected chi connectivity index (χ3v) is 5.63. The SMILES string of the molecule is Nc1nc(N)c2ccc(-c3ccc(C(F)(F)F)c(S(N)(=O)=O)c3C3NNNN3)cc2n1. The number of hydrazine groups is 3. The van der Waals surface area contributed by atoms with E-state index < -0.39 is 32.8 Å². The molecule has 0 aliphatic carbocycles. The number of primary sulfonamides is 1. The van der Waals surface area contributed by atoms with Crippen LogP contribution in [0.4, 0.5) is 24.9 Å². The summed E-state index contributed by atoms with van der Waals surface area (Å²) in [6.45, 7) is 0. The van der Waals surface area contributed by atoms with Crippen LogP contribution in [0.1, 0.15) is 17.3 Å². The average molecular weight is 455 g/mol. The molecule has 1 aromatic heterocycles. The molecule has 1 aliphatic rings. The molecule has 0 unspecified atom stereocenters. The van der Waals surface area contributed by atoms with Crippen molar-refractivity contribution in [3.63, 3.8) is 0 Å². The zero-order valence-corrected chi connectivity index (χ0v) is 16.3. The normalized spacial score (nSPS) is 15.6. The van der Waals surface area contributed by atoms with Gasteiger partial charge in [0, 0.05) is 10.9 Å². The van der Waals surface area contributed by atoms with Crippen LogP contribution in [0.3, 0.4) is 0 Å². The first-order valence-corrected chi connectivity index (χ1v) is 10.1. The summed E-state index contributed by atoms with van der Waals surface area (Å²) in [6.07, 6.45) is -6.05. The molecule has 0 atom stereocenters. The van der Waals surface area contributed by atoms with Crippen molar-refractivity contribution >= 4 is 32.7 Å². The molecule has 0 radical (unpaired) electrons. The lowest BCUT2D eigenvalue weighted by Gasteiger charge is -2.22. The number of hydrogen-bond acceptors (Lipinski definition) is 10. The van der Waals surface area contributed by atoms with Gasteiger partial charge in [0.15, 0.2) is 0 Å². The van der Waals surface area contributed by atoms with Crippen LogP contribution >= 0.6 is 0 Å². The van der Waals surface area contributed by atoms with Gasteiger partial charge >= 0.3 is 6.18 Å². The molecule has 0 spiro atoms. The Morgan fingerprint density at radius 1 is 1.00 bits per heavy atom. The van der Waals surface area contributed by atoms with Gasteiger partial charge in [-0.05, 0) is 29.3 Å². The number of rotatable bonds is 3. The summed E-state index contributed by atoms with van der Waals surface area (Å²) in [6, 6.07) is 6.44. The lowest BCUT2D eigenvalue weighted by atomic mass is 9.94. The molecule has 3 aromatic rings. The van der Waals surface area contributed by atoms with Crippen molar-refractivity contribution in [2.24, 2.45) is 5.14 Å². The first kappa shape index (κ1) is 21.2. The molecule has 2 heterocycles. The number of nitrogen functional groups attached to an aromatic ring is 2. The van der Waals surface area contributed by atoms with E-state index in [9.17, 15) is 21.6 Å². The number of halogens is 3. The van der Waals surface area contributed by atoms with Gasteiger partial charge < -0.3 is 11.5 Å². The van der Waals surface area contributed by atoms with Gasteiger partial charge in [-0.1, -0.05) is 12.1 Å². The number of alkyl halides is 3. The van der Waals surface area contributed by atoms with Gasteiger partial charge in [-0.25, -0.2) is 29.4 Å². The molecular weight excluding hydrogens is 439 g/mol. The van der Waals surface area contributed by atoms with Crippen molar-refractivity contribution in [3.8, 4) is 11.1 Å². The van der Waals surface area contributed by atoms with Crippen molar-refractivity contribution in [2.45, 2.75) is 17.2 Å². The maximum absolute atomic E-state index is 13.6. The topological polar surface area (TPSA) is 186 Å². The Morgan fingerprint density at radius 2 is 1.68 bits per heavy atom.